The average Bonchev–Trinajstić information content (AvgIpc) is 3.18. The van der Waals surface area contributed by atoms with E-state index in [1.165, 1.54) is 0 Å². The molecule has 0 atom stereocenters. The van der Waals surface area contributed by atoms with Gasteiger partial charge in [-0.1, -0.05) is 29.8 Å². The van der Waals surface area contributed by atoms with E-state index in [-0.39, 0.29) is 17.5 Å². The summed E-state index contributed by atoms with van der Waals surface area (Å²) in [7, 11) is 3.15. The maximum absolute atomic E-state index is 13.5. The third-order valence-electron chi connectivity index (χ3n) is 10.4. The Kier molecular flexibility index (Phi) is 12.4. The first-order valence-electron chi connectivity index (χ1n) is 18.1. The maximum atomic E-state index is 13.5. The highest BCUT2D eigenvalue weighted by Crippen LogP contribution is 2.38. The van der Waals surface area contributed by atoms with Gasteiger partial charge in [0, 0.05) is 85.5 Å². The smallest absolute Gasteiger partial charge is 0.306 e. The van der Waals surface area contributed by atoms with Crippen molar-refractivity contribution < 1.29 is 29.0 Å². The fourth-order valence-electron chi connectivity index (χ4n) is 7.10. The zero-order valence-electron chi connectivity index (χ0n) is 31.0. The van der Waals surface area contributed by atoms with E-state index >= 15 is 0 Å². The number of amides is 2. The molecule has 3 aromatic heterocycles. The molecule has 3 N–H and O–H groups in total. The van der Waals surface area contributed by atoms with E-state index in [0.29, 0.717) is 84.4 Å². The number of aromatic nitrogens is 3. The highest BCUT2D eigenvalue weighted by molar-refractivity contribution is 6.35. The highest BCUT2D eigenvalue weighted by atomic mass is 35.5. The molecule has 0 spiro atoms. The number of aliphatic carboxylic acids is 1. The summed E-state index contributed by atoms with van der Waals surface area (Å²) < 4.78 is 11.3. The SMILES string of the molecule is COc1cc(C(=O)Nc2cccc(-c3nccc(-c4ccc(CNC5CCN(C(C)=O)CC5)c(OC)n4)c3Cl)c2C)ncc1CN1CCC(C(=O)O)CC1. The van der Waals surface area contributed by atoms with Crippen LogP contribution in [0.5, 0.6) is 11.6 Å². The van der Waals surface area contributed by atoms with Crippen molar-refractivity contribution in [3.05, 3.63) is 82.3 Å². The molecule has 1 aromatic carbocycles. The summed E-state index contributed by atoms with van der Waals surface area (Å²) in [5.74, 6) is -0.313. The monoisotopic (exact) mass is 755 g/mol. The lowest BCUT2D eigenvalue weighted by atomic mass is 9.97. The van der Waals surface area contributed by atoms with E-state index in [1.807, 2.05) is 48.2 Å². The van der Waals surface area contributed by atoms with Crippen LogP contribution in [0.2, 0.25) is 5.02 Å². The minimum Gasteiger partial charge on any atom is -0.496 e. The number of nitrogens with zero attached hydrogens (tertiary/aromatic N) is 5. The third kappa shape index (κ3) is 8.81. The summed E-state index contributed by atoms with van der Waals surface area (Å²) in [6.07, 6.45) is 6.30. The molecular weight excluding hydrogens is 710 g/mol. The Bertz CT molecular complexity index is 2010. The fraction of sp³-hybridized carbons (Fsp3) is 0.400. The van der Waals surface area contributed by atoms with Crippen LogP contribution in [-0.2, 0) is 22.7 Å². The Hall–Kier alpha value is -5.11. The van der Waals surface area contributed by atoms with Crippen LogP contribution in [0.1, 0.15) is 59.8 Å². The summed E-state index contributed by atoms with van der Waals surface area (Å²) in [4.78, 5) is 54.4. The van der Waals surface area contributed by atoms with Crippen molar-refractivity contribution >= 4 is 35.1 Å². The van der Waals surface area contributed by atoms with Gasteiger partial charge in [-0.15, -0.1) is 0 Å². The minimum absolute atomic E-state index is 0.116. The zero-order valence-corrected chi connectivity index (χ0v) is 31.8. The van der Waals surface area contributed by atoms with Crippen LogP contribution in [0, 0.1) is 12.8 Å². The molecule has 0 unspecified atom stereocenters. The van der Waals surface area contributed by atoms with Gasteiger partial charge >= 0.3 is 5.97 Å². The number of pyridine rings is 3. The quantitative estimate of drug-likeness (QED) is 0.160. The normalized spacial score (nSPS) is 15.5. The highest BCUT2D eigenvalue weighted by Gasteiger charge is 2.26. The molecule has 2 fully saturated rings. The van der Waals surface area contributed by atoms with Crippen LogP contribution < -0.4 is 20.1 Å². The van der Waals surface area contributed by atoms with E-state index in [0.717, 1.165) is 48.2 Å². The van der Waals surface area contributed by atoms with Gasteiger partial charge in [0.2, 0.25) is 11.8 Å². The van der Waals surface area contributed by atoms with Gasteiger partial charge in [0.1, 0.15) is 11.4 Å². The Balaban J connectivity index is 1.15. The summed E-state index contributed by atoms with van der Waals surface area (Å²) in [6, 6.07) is 13.2. The number of carbonyl (C=O) groups excluding carboxylic acids is 2. The van der Waals surface area contributed by atoms with Crippen LogP contribution in [0.25, 0.3) is 22.5 Å². The van der Waals surface area contributed by atoms with E-state index in [4.69, 9.17) is 26.1 Å². The Morgan fingerprint density at radius 1 is 0.944 bits per heavy atom. The molecule has 2 amide bonds. The number of piperidine rings is 2. The van der Waals surface area contributed by atoms with E-state index in [1.54, 1.807) is 39.6 Å². The number of halogens is 1. The van der Waals surface area contributed by atoms with Gasteiger partial charge < -0.3 is 30.1 Å². The van der Waals surface area contributed by atoms with Gasteiger partial charge in [-0.25, -0.2) is 4.98 Å². The number of carboxylic acids is 1. The van der Waals surface area contributed by atoms with Crippen LogP contribution in [0.3, 0.4) is 0 Å². The molecule has 0 aliphatic carbocycles. The Morgan fingerprint density at radius 2 is 1.70 bits per heavy atom. The molecule has 14 heteroatoms. The number of hydrogen-bond acceptors (Lipinski definition) is 10. The molecule has 0 saturated carbocycles. The number of carboxylic acid groups (broad SMARTS) is 1. The summed E-state index contributed by atoms with van der Waals surface area (Å²) >= 11 is 7.05. The zero-order chi connectivity index (χ0) is 38.4. The van der Waals surface area contributed by atoms with Crippen molar-refractivity contribution in [2.75, 3.05) is 45.7 Å². The molecule has 2 aliphatic heterocycles. The number of ether oxygens (including phenoxy) is 2. The third-order valence-corrected chi connectivity index (χ3v) is 10.8. The van der Waals surface area contributed by atoms with Gasteiger partial charge in [-0.05, 0) is 69.5 Å². The molecule has 284 valence electrons. The van der Waals surface area contributed by atoms with Crippen molar-refractivity contribution in [1.82, 2.24) is 30.1 Å². The van der Waals surface area contributed by atoms with Gasteiger partial charge in [0.25, 0.3) is 5.91 Å². The predicted molar refractivity (Wildman–Crippen MR) is 206 cm³/mol. The average molecular weight is 756 g/mol. The van der Waals surface area contributed by atoms with Crippen LogP contribution in [0.15, 0.2) is 54.9 Å². The van der Waals surface area contributed by atoms with Crippen molar-refractivity contribution in [1.29, 1.82) is 0 Å². The molecule has 0 bridgehead atoms. The minimum atomic E-state index is -0.748. The maximum Gasteiger partial charge on any atom is 0.306 e. The summed E-state index contributed by atoms with van der Waals surface area (Å²) in [6.45, 7) is 7.46. The summed E-state index contributed by atoms with van der Waals surface area (Å²) in [5, 5.41) is 16.3. The molecule has 2 aliphatic rings. The molecule has 54 heavy (non-hydrogen) atoms. The van der Waals surface area contributed by atoms with E-state index in [2.05, 4.69) is 25.5 Å². The fourth-order valence-corrected chi connectivity index (χ4v) is 7.41. The Morgan fingerprint density at radius 3 is 2.39 bits per heavy atom. The number of nitrogens with one attached hydrogen (secondary N) is 2. The van der Waals surface area contributed by atoms with Crippen molar-refractivity contribution in [2.24, 2.45) is 5.92 Å². The van der Waals surface area contributed by atoms with Gasteiger partial charge in [-0.2, -0.15) is 0 Å². The molecule has 4 aromatic rings. The Labute approximate surface area is 320 Å². The van der Waals surface area contributed by atoms with Crippen LogP contribution in [-0.4, -0.2) is 94.1 Å². The number of likely N-dealkylation sites (tertiary alicyclic amines) is 2. The summed E-state index contributed by atoms with van der Waals surface area (Å²) in [5.41, 5.74) is 5.89. The largest absolute Gasteiger partial charge is 0.496 e. The first kappa shape index (κ1) is 38.6. The van der Waals surface area contributed by atoms with E-state index in [9.17, 15) is 19.5 Å². The molecule has 5 heterocycles. The van der Waals surface area contributed by atoms with Crippen LogP contribution >= 0.6 is 11.6 Å². The standard InChI is InChI=1S/C40H46ClN7O6/c1-24-30(6-5-7-32(24)45-38(50)34-20-35(53-3)28(22-44-34)23-47-16-11-26(12-17-47)40(51)52)37-36(41)31(10-15-42-37)33-9-8-27(39(46-33)54-4)21-43-29-13-18-48(19-14-29)25(2)49/h5-10,15,20,22,26,29,43H,11-14,16-19,21,23H2,1-4H3,(H,45,50)(H,51,52). The lowest BCUT2D eigenvalue weighted by Crippen LogP contribution is -2.44. The number of anilines is 1. The molecule has 0 radical (unpaired) electrons. The molecular formula is C40H46ClN7O6. The second-order valence-electron chi connectivity index (χ2n) is 13.7. The molecule has 13 nitrogen and oxygen atoms in total. The number of carbonyl (C=O) groups is 3. The van der Waals surface area contributed by atoms with E-state index < -0.39 is 11.9 Å². The van der Waals surface area contributed by atoms with Gasteiger partial charge in [0.05, 0.1) is 36.5 Å². The first-order valence-corrected chi connectivity index (χ1v) is 18.5. The van der Waals surface area contributed by atoms with Crippen molar-refractivity contribution in [3.63, 3.8) is 0 Å². The second kappa shape index (κ2) is 17.4. The lowest BCUT2D eigenvalue weighted by Gasteiger charge is -2.31. The number of methoxy groups -OCH3 is 2. The number of rotatable bonds is 12. The molecule has 2 saturated heterocycles. The topological polar surface area (TPSA) is 159 Å². The number of hydrogen-bond donors (Lipinski definition) is 3. The van der Waals surface area contributed by atoms with Gasteiger partial charge in [0.15, 0.2) is 0 Å². The van der Waals surface area contributed by atoms with Crippen LogP contribution in [0.4, 0.5) is 5.69 Å². The second-order valence-corrected chi connectivity index (χ2v) is 14.1. The van der Waals surface area contributed by atoms with Crippen molar-refractivity contribution in [2.45, 2.75) is 58.7 Å². The number of benzene rings is 1. The van der Waals surface area contributed by atoms with Crippen molar-refractivity contribution in [3.8, 4) is 34.1 Å². The molecule has 6 rings (SSSR count). The van der Waals surface area contributed by atoms with Gasteiger partial charge in [-0.3, -0.25) is 29.3 Å². The predicted octanol–water partition coefficient (Wildman–Crippen LogP) is 5.83. The lowest BCUT2D eigenvalue weighted by molar-refractivity contribution is -0.143. The first-order chi connectivity index (χ1) is 26.1.